The first kappa shape index (κ1) is 27.8. The number of hydrogen-bond donors (Lipinski definition) is 2. The Bertz CT molecular complexity index is 2060. The molecule has 8 nitrogen and oxygen atoms in total. The summed E-state index contributed by atoms with van der Waals surface area (Å²) >= 11 is 0. The zero-order chi connectivity index (χ0) is 31.2. The van der Waals surface area contributed by atoms with E-state index in [9.17, 15) is 19.8 Å². The van der Waals surface area contributed by atoms with Gasteiger partial charge in [-0.1, -0.05) is 68.1 Å². The van der Waals surface area contributed by atoms with Crippen LogP contribution < -0.4 is 16.4 Å². The Balaban J connectivity index is 1.43. The molecule has 0 bridgehead atoms. The molecule has 0 aliphatic carbocycles. The van der Waals surface area contributed by atoms with Crippen LogP contribution in [0.2, 0.25) is 0 Å². The number of aryl methyl sites for hydroxylation is 3. The minimum absolute atomic E-state index is 0.163. The molecule has 0 amide bonds. The minimum Gasteiger partial charge on any atom is -0.477 e. The fourth-order valence-electron chi connectivity index (χ4n) is 7.70. The second-order valence-corrected chi connectivity index (χ2v) is 12.3. The van der Waals surface area contributed by atoms with Crippen LogP contribution in [-0.2, 0) is 12.8 Å². The standard InChI is InChI=1S/C35H31BN4O4/c1-16-7-18(3)31-22(8-16)11-23-9-17(2)10-24-12-26-21(6)30(19(4)20(5)32(26)36(31)33(23)24)29-15-40(39-38-29)25-13-27(34(41)42)37-28(14-25)35(43)44/h7-10,13-15H,11-12H2,1-6H3,(H,41,42)(H,43,44). The van der Waals surface area contributed by atoms with Gasteiger partial charge < -0.3 is 10.2 Å². The highest BCUT2D eigenvalue weighted by Gasteiger charge is 2.40. The van der Waals surface area contributed by atoms with E-state index in [-0.39, 0.29) is 23.8 Å². The summed E-state index contributed by atoms with van der Waals surface area (Å²) in [4.78, 5) is 27.0. The molecule has 0 spiro atoms. The molecule has 5 aromatic rings. The summed E-state index contributed by atoms with van der Waals surface area (Å²) in [5.74, 6) is -2.64. The van der Waals surface area contributed by atoms with Gasteiger partial charge in [0.25, 0.3) is 0 Å². The van der Waals surface area contributed by atoms with Crippen molar-refractivity contribution in [3.8, 4) is 16.9 Å². The van der Waals surface area contributed by atoms with Gasteiger partial charge in [-0.2, -0.15) is 0 Å². The highest BCUT2D eigenvalue weighted by molar-refractivity contribution is 6.98. The van der Waals surface area contributed by atoms with Gasteiger partial charge in [0, 0.05) is 5.56 Å². The highest BCUT2D eigenvalue weighted by Crippen LogP contribution is 2.35. The first-order valence-corrected chi connectivity index (χ1v) is 14.7. The molecular weight excluding hydrogens is 551 g/mol. The van der Waals surface area contributed by atoms with Crippen LogP contribution in [0.1, 0.15) is 76.6 Å². The maximum Gasteiger partial charge on any atom is 0.354 e. The number of pyridine rings is 1. The van der Waals surface area contributed by atoms with Crippen LogP contribution in [0.25, 0.3) is 16.9 Å². The number of fused-ring (bicyclic) bond motifs is 4. The average Bonchev–Trinajstić information content (AvgIpc) is 3.44. The second-order valence-electron chi connectivity index (χ2n) is 12.3. The number of nitrogens with zero attached hydrogens (tertiary/aromatic N) is 4. The predicted octanol–water partition coefficient (Wildman–Crippen LogP) is 3.90. The van der Waals surface area contributed by atoms with E-state index < -0.39 is 11.9 Å². The lowest BCUT2D eigenvalue weighted by Gasteiger charge is -2.38. The summed E-state index contributed by atoms with van der Waals surface area (Å²) in [6.45, 7) is 13.3. The molecule has 44 heavy (non-hydrogen) atoms. The lowest BCUT2D eigenvalue weighted by molar-refractivity contribution is 0.0685. The number of carbonyl (C=O) groups is 2. The number of aromatic carboxylic acids is 2. The number of aromatic nitrogens is 4. The molecule has 0 atom stereocenters. The van der Waals surface area contributed by atoms with Crippen LogP contribution in [0, 0.1) is 41.5 Å². The lowest BCUT2D eigenvalue weighted by atomic mass is 9.29. The summed E-state index contributed by atoms with van der Waals surface area (Å²) in [5, 5.41) is 27.8. The maximum atomic E-state index is 11.6. The van der Waals surface area contributed by atoms with E-state index >= 15 is 0 Å². The van der Waals surface area contributed by atoms with E-state index in [1.165, 1.54) is 77.7 Å². The Hall–Kier alpha value is -5.05. The number of carboxylic acid groups (broad SMARTS) is 2. The van der Waals surface area contributed by atoms with Crippen molar-refractivity contribution in [2.75, 3.05) is 0 Å². The molecule has 0 radical (unpaired) electrons. The van der Waals surface area contributed by atoms with Crippen molar-refractivity contribution in [2.24, 2.45) is 0 Å². The van der Waals surface area contributed by atoms with Gasteiger partial charge in [-0.15, -0.1) is 5.10 Å². The molecule has 0 saturated heterocycles. The van der Waals surface area contributed by atoms with E-state index in [0.29, 0.717) is 5.69 Å². The van der Waals surface area contributed by atoms with Gasteiger partial charge in [0.1, 0.15) is 5.69 Å². The smallest absolute Gasteiger partial charge is 0.354 e. The Morgan fingerprint density at radius 1 is 0.727 bits per heavy atom. The SMILES string of the molecule is Cc1cc(C)c2c(c1)Cc1cc(C)cc3c1B2c1c(C)c(C)c(-c2cn(-c4cc(C(=O)O)nc(C(=O)O)c4)nn2)c(C)c1C3. The zero-order valence-electron chi connectivity index (χ0n) is 25.5. The van der Waals surface area contributed by atoms with Crippen LogP contribution in [0.5, 0.6) is 0 Å². The van der Waals surface area contributed by atoms with Crippen molar-refractivity contribution in [3.63, 3.8) is 0 Å². The van der Waals surface area contributed by atoms with Crippen molar-refractivity contribution in [1.82, 2.24) is 20.0 Å². The van der Waals surface area contributed by atoms with E-state index in [1.54, 1.807) is 6.20 Å². The third-order valence-electron chi connectivity index (χ3n) is 9.48. The monoisotopic (exact) mass is 582 g/mol. The summed E-state index contributed by atoms with van der Waals surface area (Å²) in [6, 6.07) is 12.0. The molecule has 4 heterocycles. The van der Waals surface area contributed by atoms with Crippen LogP contribution in [0.15, 0.2) is 42.6 Å². The molecule has 2 aliphatic heterocycles. The maximum absolute atomic E-state index is 11.6. The summed E-state index contributed by atoms with van der Waals surface area (Å²) < 4.78 is 1.41. The van der Waals surface area contributed by atoms with Crippen molar-refractivity contribution in [2.45, 2.75) is 54.4 Å². The van der Waals surface area contributed by atoms with Gasteiger partial charge in [0.05, 0.1) is 11.9 Å². The minimum atomic E-state index is -1.32. The van der Waals surface area contributed by atoms with Crippen LogP contribution >= 0.6 is 0 Å². The fourth-order valence-corrected chi connectivity index (χ4v) is 7.70. The van der Waals surface area contributed by atoms with Gasteiger partial charge in [-0.05, 0) is 99.9 Å². The van der Waals surface area contributed by atoms with E-state index in [4.69, 9.17) is 0 Å². The molecule has 0 unspecified atom stereocenters. The largest absolute Gasteiger partial charge is 0.477 e. The van der Waals surface area contributed by atoms with E-state index in [2.05, 4.69) is 81.1 Å². The van der Waals surface area contributed by atoms with E-state index in [0.717, 1.165) is 29.5 Å². The van der Waals surface area contributed by atoms with Gasteiger partial charge in [0.2, 0.25) is 6.71 Å². The topological polar surface area (TPSA) is 118 Å². The molecular formula is C35H31BN4O4. The average molecular weight is 582 g/mol. The van der Waals surface area contributed by atoms with Crippen LogP contribution in [0.4, 0.5) is 0 Å². The molecule has 3 aromatic carbocycles. The zero-order valence-corrected chi connectivity index (χ0v) is 25.5. The van der Waals surface area contributed by atoms with Crippen molar-refractivity contribution < 1.29 is 19.8 Å². The number of hydrogen-bond acceptors (Lipinski definition) is 5. The van der Waals surface area contributed by atoms with Crippen LogP contribution in [-0.4, -0.2) is 48.8 Å². The Labute approximate surface area is 255 Å². The number of carboxylic acids is 2. The molecule has 2 aromatic heterocycles. The van der Waals surface area contributed by atoms with E-state index in [1.807, 2.05) is 0 Å². The Morgan fingerprint density at radius 2 is 1.32 bits per heavy atom. The molecule has 9 heteroatoms. The molecule has 2 N–H and O–H groups in total. The Morgan fingerprint density at radius 3 is 1.95 bits per heavy atom. The first-order chi connectivity index (χ1) is 20.9. The predicted molar refractivity (Wildman–Crippen MR) is 170 cm³/mol. The normalized spacial score (nSPS) is 12.9. The van der Waals surface area contributed by atoms with Gasteiger partial charge in [-0.25, -0.2) is 19.3 Å². The summed E-state index contributed by atoms with van der Waals surface area (Å²) in [5.41, 5.74) is 18.3. The van der Waals surface area contributed by atoms with Gasteiger partial charge in [-0.3, -0.25) is 0 Å². The third-order valence-corrected chi connectivity index (χ3v) is 9.48. The quantitative estimate of drug-likeness (QED) is 0.302. The molecule has 2 aliphatic rings. The van der Waals surface area contributed by atoms with Gasteiger partial charge in [0.15, 0.2) is 11.4 Å². The molecule has 7 rings (SSSR count). The molecule has 218 valence electrons. The van der Waals surface area contributed by atoms with Crippen molar-refractivity contribution in [1.29, 1.82) is 0 Å². The first-order valence-electron chi connectivity index (χ1n) is 14.7. The van der Waals surface area contributed by atoms with Crippen LogP contribution in [0.3, 0.4) is 0 Å². The van der Waals surface area contributed by atoms with Crippen molar-refractivity contribution in [3.05, 3.63) is 110 Å². The molecule has 0 fully saturated rings. The van der Waals surface area contributed by atoms with Crippen molar-refractivity contribution >= 4 is 35.0 Å². The Kier molecular flexibility index (Phi) is 6.15. The lowest BCUT2D eigenvalue weighted by Crippen LogP contribution is -2.63. The van der Waals surface area contributed by atoms with Gasteiger partial charge >= 0.3 is 11.9 Å². The third kappa shape index (κ3) is 4.10. The fraction of sp³-hybridized carbons (Fsp3) is 0.229. The summed E-state index contributed by atoms with van der Waals surface area (Å²) in [7, 11) is 0. The highest BCUT2D eigenvalue weighted by atomic mass is 16.4. The molecule has 0 saturated carbocycles. The number of rotatable bonds is 4. The second kappa shape index (κ2) is 9.74. The summed E-state index contributed by atoms with van der Waals surface area (Å²) in [6.07, 6.45) is 3.52. The number of benzene rings is 3.